The zero-order valence-electron chi connectivity index (χ0n) is 11.3. The van der Waals surface area contributed by atoms with Crippen molar-refractivity contribution >= 4 is 11.6 Å². The number of halogens is 1. The van der Waals surface area contributed by atoms with E-state index in [4.69, 9.17) is 11.6 Å². The van der Waals surface area contributed by atoms with E-state index in [0.717, 1.165) is 24.7 Å². The molecule has 1 aromatic rings. The summed E-state index contributed by atoms with van der Waals surface area (Å²) < 4.78 is 0. The number of hydrogen-bond donors (Lipinski definition) is 1. The van der Waals surface area contributed by atoms with Crippen LogP contribution < -0.4 is 5.32 Å². The van der Waals surface area contributed by atoms with Crippen LogP contribution in [0.4, 0.5) is 0 Å². The van der Waals surface area contributed by atoms with Gasteiger partial charge in [-0.3, -0.25) is 0 Å². The number of benzene rings is 1. The molecule has 0 aromatic heterocycles. The lowest BCUT2D eigenvalue weighted by atomic mass is 10.1. The highest BCUT2D eigenvalue weighted by atomic mass is 35.5. The van der Waals surface area contributed by atoms with E-state index in [2.05, 4.69) is 50.2 Å². The molecule has 1 rings (SSSR count). The van der Waals surface area contributed by atoms with Crippen molar-refractivity contribution in [2.45, 2.75) is 33.4 Å². The minimum Gasteiger partial charge on any atom is -0.311 e. The van der Waals surface area contributed by atoms with Gasteiger partial charge in [0.05, 0.1) is 0 Å². The molecule has 1 N–H and O–H groups in total. The highest BCUT2D eigenvalue weighted by Crippen LogP contribution is 2.17. The summed E-state index contributed by atoms with van der Waals surface area (Å²) in [6.45, 7) is 9.35. The predicted molar refractivity (Wildman–Crippen MR) is 75.7 cm³/mol. The van der Waals surface area contributed by atoms with Gasteiger partial charge in [-0.25, -0.2) is 0 Å². The van der Waals surface area contributed by atoms with Crippen molar-refractivity contribution in [2.24, 2.45) is 0 Å². The molecule has 0 aliphatic rings. The summed E-state index contributed by atoms with van der Waals surface area (Å²) in [5, 5.41) is 4.28. The molecule has 0 bridgehead atoms. The molecule has 17 heavy (non-hydrogen) atoms. The normalized spacial score (nSPS) is 11.5. The van der Waals surface area contributed by atoms with Crippen molar-refractivity contribution in [3.05, 3.63) is 34.3 Å². The average molecular weight is 255 g/mol. The fourth-order valence-corrected chi connectivity index (χ4v) is 1.83. The Hall–Kier alpha value is -0.570. The van der Waals surface area contributed by atoms with Gasteiger partial charge < -0.3 is 10.2 Å². The first-order chi connectivity index (χ1) is 8.00. The first kappa shape index (κ1) is 14.5. The van der Waals surface area contributed by atoms with E-state index in [1.54, 1.807) is 0 Å². The number of nitrogens with one attached hydrogen (secondary N) is 1. The Balaban J connectivity index is 2.31. The second-order valence-electron chi connectivity index (χ2n) is 4.85. The van der Waals surface area contributed by atoms with Crippen LogP contribution in [0, 0.1) is 6.92 Å². The van der Waals surface area contributed by atoms with Gasteiger partial charge in [-0.05, 0) is 45.0 Å². The molecular weight excluding hydrogens is 232 g/mol. The molecule has 0 atom stereocenters. The summed E-state index contributed by atoms with van der Waals surface area (Å²) in [7, 11) is 2.14. The van der Waals surface area contributed by atoms with Gasteiger partial charge in [0.1, 0.15) is 0 Å². The molecule has 0 saturated heterocycles. The SMILES string of the molecule is Cc1ccc(CNCCN(C)C(C)C)c(Cl)c1. The van der Waals surface area contributed by atoms with Gasteiger partial charge in [-0.2, -0.15) is 0 Å². The molecule has 3 heteroatoms. The molecule has 0 amide bonds. The van der Waals surface area contributed by atoms with Crippen LogP contribution in [0.2, 0.25) is 5.02 Å². The van der Waals surface area contributed by atoms with Gasteiger partial charge >= 0.3 is 0 Å². The average Bonchev–Trinajstić information content (AvgIpc) is 2.26. The van der Waals surface area contributed by atoms with Gasteiger partial charge in [-0.15, -0.1) is 0 Å². The van der Waals surface area contributed by atoms with Crippen LogP contribution in [0.1, 0.15) is 25.0 Å². The topological polar surface area (TPSA) is 15.3 Å². The smallest absolute Gasteiger partial charge is 0.0453 e. The Morgan fingerprint density at radius 1 is 1.35 bits per heavy atom. The van der Waals surface area contributed by atoms with Crippen LogP contribution in [-0.2, 0) is 6.54 Å². The van der Waals surface area contributed by atoms with Gasteiger partial charge in [0.2, 0.25) is 0 Å². The Labute approximate surface area is 110 Å². The zero-order chi connectivity index (χ0) is 12.8. The fraction of sp³-hybridized carbons (Fsp3) is 0.571. The van der Waals surface area contributed by atoms with Crippen LogP contribution in [0.3, 0.4) is 0 Å². The lowest BCUT2D eigenvalue weighted by molar-refractivity contribution is 0.273. The molecule has 0 fully saturated rings. The highest BCUT2D eigenvalue weighted by molar-refractivity contribution is 6.31. The monoisotopic (exact) mass is 254 g/mol. The Bertz CT molecular complexity index is 350. The zero-order valence-corrected chi connectivity index (χ0v) is 12.0. The Morgan fingerprint density at radius 2 is 2.06 bits per heavy atom. The maximum atomic E-state index is 6.17. The summed E-state index contributed by atoms with van der Waals surface area (Å²) in [6, 6.07) is 6.80. The van der Waals surface area contributed by atoms with E-state index in [1.807, 2.05) is 6.07 Å². The molecule has 0 unspecified atom stereocenters. The van der Waals surface area contributed by atoms with Crippen molar-refractivity contribution in [2.75, 3.05) is 20.1 Å². The van der Waals surface area contributed by atoms with E-state index in [-0.39, 0.29) is 0 Å². The number of aryl methyl sites for hydroxylation is 1. The van der Waals surface area contributed by atoms with Gasteiger partial charge in [0.15, 0.2) is 0 Å². The molecule has 2 nitrogen and oxygen atoms in total. The number of rotatable bonds is 6. The number of likely N-dealkylation sites (N-methyl/N-ethyl adjacent to an activating group) is 1. The minimum atomic E-state index is 0.597. The molecule has 0 spiro atoms. The maximum absolute atomic E-state index is 6.17. The van der Waals surface area contributed by atoms with Crippen molar-refractivity contribution in [3.63, 3.8) is 0 Å². The van der Waals surface area contributed by atoms with E-state index in [9.17, 15) is 0 Å². The second kappa shape index (κ2) is 7.00. The minimum absolute atomic E-state index is 0.597. The molecule has 1 aromatic carbocycles. The summed E-state index contributed by atoms with van der Waals surface area (Å²) in [4.78, 5) is 2.32. The maximum Gasteiger partial charge on any atom is 0.0453 e. The summed E-state index contributed by atoms with van der Waals surface area (Å²) in [5.41, 5.74) is 2.38. The number of hydrogen-bond acceptors (Lipinski definition) is 2. The second-order valence-corrected chi connectivity index (χ2v) is 5.25. The quantitative estimate of drug-likeness (QED) is 0.785. The lowest BCUT2D eigenvalue weighted by Crippen LogP contribution is -2.33. The summed E-state index contributed by atoms with van der Waals surface area (Å²) in [6.07, 6.45) is 0. The van der Waals surface area contributed by atoms with E-state index < -0.39 is 0 Å². The molecule has 0 saturated carbocycles. The largest absolute Gasteiger partial charge is 0.311 e. The Morgan fingerprint density at radius 3 is 2.65 bits per heavy atom. The van der Waals surface area contributed by atoms with Crippen LogP contribution in [0.5, 0.6) is 0 Å². The fourth-order valence-electron chi connectivity index (χ4n) is 1.53. The molecule has 0 aliphatic heterocycles. The van der Waals surface area contributed by atoms with E-state index in [1.165, 1.54) is 11.1 Å². The van der Waals surface area contributed by atoms with Crippen LogP contribution in [0.25, 0.3) is 0 Å². The van der Waals surface area contributed by atoms with Crippen LogP contribution in [0.15, 0.2) is 18.2 Å². The third-order valence-electron chi connectivity index (χ3n) is 3.05. The van der Waals surface area contributed by atoms with Crippen LogP contribution in [-0.4, -0.2) is 31.1 Å². The third kappa shape index (κ3) is 5.07. The van der Waals surface area contributed by atoms with Crippen molar-refractivity contribution < 1.29 is 0 Å². The Kier molecular flexibility index (Phi) is 5.96. The van der Waals surface area contributed by atoms with Gasteiger partial charge in [0, 0.05) is 30.7 Å². The molecule has 0 heterocycles. The van der Waals surface area contributed by atoms with E-state index >= 15 is 0 Å². The van der Waals surface area contributed by atoms with Crippen molar-refractivity contribution in [1.29, 1.82) is 0 Å². The summed E-state index contributed by atoms with van der Waals surface area (Å²) >= 11 is 6.17. The highest BCUT2D eigenvalue weighted by Gasteiger charge is 2.03. The molecule has 0 aliphatic carbocycles. The first-order valence-corrected chi connectivity index (χ1v) is 6.54. The van der Waals surface area contributed by atoms with E-state index in [0.29, 0.717) is 6.04 Å². The van der Waals surface area contributed by atoms with Gasteiger partial charge in [0.25, 0.3) is 0 Å². The predicted octanol–water partition coefficient (Wildman–Crippen LogP) is 3.08. The van der Waals surface area contributed by atoms with Gasteiger partial charge in [-0.1, -0.05) is 23.7 Å². The molecular formula is C14H23ClN2. The summed E-state index contributed by atoms with van der Waals surface area (Å²) in [5.74, 6) is 0. The lowest BCUT2D eigenvalue weighted by Gasteiger charge is -2.21. The van der Waals surface area contributed by atoms with Crippen LogP contribution >= 0.6 is 11.6 Å². The molecule has 96 valence electrons. The molecule has 0 radical (unpaired) electrons. The number of nitrogens with zero attached hydrogens (tertiary/aromatic N) is 1. The van der Waals surface area contributed by atoms with Crippen molar-refractivity contribution in [1.82, 2.24) is 10.2 Å². The third-order valence-corrected chi connectivity index (χ3v) is 3.40. The standard InChI is InChI=1S/C14H23ClN2/c1-11(2)17(4)8-7-16-10-13-6-5-12(3)9-14(13)15/h5-6,9,11,16H,7-8,10H2,1-4H3. The van der Waals surface area contributed by atoms with Crippen molar-refractivity contribution in [3.8, 4) is 0 Å². The first-order valence-electron chi connectivity index (χ1n) is 6.16.